The maximum Gasteiger partial charge on any atom is 0.408 e. The molecule has 0 aromatic heterocycles. The Labute approximate surface area is 699 Å². The van der Waals surface area contributed by atoms with Crippen LogP contribution in [0.5, 0.6) is 5.75 Å². The number of benzene rings is 2. The summed E-state index contributed by atoms with van der Waals surface area (Å²) in [7, 11) is 0. The minimum Gasteiger partial charge on any atom is -0.508 e. The van der Waals surface area contributed by atoms with Gasteiger partial charge in [-0.2, -0.15) is 0 Å². The SMILES string of the molecule is CC[C@H](C)[C@H](NC(=O)[C@H](CCC(=O)O)NC(=O)[C@H](CCC(=O)O)NC(=O)[C@H](Cc1ccccc1)NC(=O)[C@H](CC(=O)O)NC(=O)CNC(=O)[C@H](CC(N)=O)NC(=O)CNC(=O)CNC(=O)OC1/C=C/CCCCC1)C(=O)N1CCC[C@H]1C(=O)N[C@@H](CCC(=O)O)C(=O)N[C@@H](CCC(=O)O)C(=O)N[C@@H](Cc1ccc(O)cc1)C(=O)N[C@@H](CC(C)C)C(=O)O. The van der Waals surface area contributed by atoms with E-state index >= 15 is 0 Å². The van der Waals surface area contributed by atoms with Crippen LogP contribution in [-0.4, -0.2) is 264 Å². The number of hydrogen-bond donors (Lipinski definition) is 21. The van der Waals surface area contributed by atoms with Gasteiger partial charge in [-0.05, 0) is 112 Å². The molecule has 1 heterocycles. The number of phenols is 1. The number of allylic oxidation sites excluding steroid dienone is 1. The number of phenolic OH excluding ortho intramolecular Hbond substituents is 1. The molecule has 15 amide bonds. The molecule has 44 nitrogen and oxygen atoms in total. The van der Waals surface area contributed by atoms with Crippen molar-refractivity contribution in [3.05, 3.63) is 77.9 Å². The first-order valence-electron chi connectivity index (χ1n) is 39.5. The Morgan fingerprint density at radius 2 is 0.893 bits per heavy atom. The molecule has 1 aliphatic heterocycles. The van der Waals surface area contributed by atoms with Crippen LogP contribution in [0.15, 0.2) is 66.7 Å². The number of carboxylic acids is 6. The molecule has 1 saturated heterocycles. The predicted octanol–water partition coefficient (Wildman–Crippen LogP) is -3.15. The second-order valence-electron chi connectivity index (χ2n) is 29.6. The summed E-state index contributed by atoms with van der Waals surface area (Å²) in [5, 5.41) is 98.5. The smallest absolute Gasteiger partial charge is 0.408 e. The predicted molar refractivity (Wildman–Crippen MR) is 423 cm³/mol. The quantitative estimate of drug-likeness (QED) is 0.0291. The van der Waals surface area contributed by atoms with Gasteiger partial charge in [0, 0.05) is 45.1 Å². The van der Waals surface area contributed by atoms with E-state index in [9.17, 15) is 136 Å². The number of carbonyl (C=O) groups is 21. The van der Waals surface area contributed by atoms with Crippen LogP contribution in [0.4, 0.5) is 4.79 Å². The van der Waals surface area contributed by atoms with E-state index in [1.807, 2.05) is 6.08 Å². The van der Waals surface area contributed by atoms with E-state index in [-0.39, 0.29) is 50.3 Å². The van der Waals surface area contributed by atoms with E-state index in [1.165, 1.54) is 55.5 Å². The van der Waals surface area contributed by atoms with Crippen molar-refractivity contribution in [2.45, 2.75) is 235 Å². The van der Waals surface area contributed by atoms with Gasteiger partial charge in [-0.15, -0.1) is 0 Å². The molecule has 2 aliphatic rings. The van der Waals surface area contributed by atoms with Gasteiger partial charge in [0.05, 0.1) is 25.9 Å². The number of primary amides is 1. The Hall–Kier alpha value is -13.4. The van der Waals surface area contributed by atoms with Gasteiger partial charge in [-0.1, -0.05) is 89.1 Å². The highest BCUT2D eigenvalue weighted by Gasteiger charge is 2.43. The standard InChI is InChI=1S/C78H109N15O29/c1-5-42(4)66(76(118)93-32-14-19-56(93)75(117)88-49(26-30-63(103)104)69(111)85-48(25-29-62(101)102)70(112)89-52(35-44-20-22-45(94)23-21-44)73(115)91-55(77(119)120)33-41(2)3)92-71(113)50(27-31-64(105)106)86-68(110)47(24-28-61(99)100)87-72(114)51(34-43-15-10-9-11-16-43)90-74(116)54(37-65(107)108)84-60(98)40-81-67(109)53(36-57(79)95)83-59(97)39-80-58(96)38-82-78(121)122-46-17-12-7-6-8-13-18-46/h9-12,15-17,20-23,41-42,46-56,66,94H,5-8,13-14,18-19,24-40H2,1-4H3,(H2,79,95)(H,80,96)(H,81,109)(H,82,121)(H,83,97)(H,84,98)(H,85,111)(H,86,110)(H,87,114)(H,88,117)(H,89,112)(H,90,116)(H,91,115)(H,92,113)(H,99,100)(H,101,102)(H,103,104)(H,105,106)(H,107,108)(H,119,120)/b17-12+/t42-,46?,47-,48-,49-,50-,51-,52-,53-,54-,55-,56-,66-/m0/s1. The molecular weight excluding hydrogens is 1610 g/mol. The second-order valence-corrected chi connectivity index (χ2v) is 29.6. The number of nitrogens with zero attached hydrogens (tertiary/aromatic N) is 1. The number of likely N-dealkylation sites (tertiary alicyclic amines) is 1. The molecule has 122 heavy (non-hydrogen) atoms. The van der Waals surface area contributed by atoms with Crippen LogP contribution in [0.1, 0.15) is 161 Å². The maximum atomic E-state index is 14.9. The third-order valence-electron chi connectivity index (χ3n) is 19.3. The summed E-state index contributed by atoms with van der Waals surface area (Å²) in [5.41, 5.74) is 5.94. The number of carboxylic acid groups (broad SMARTS) is 6. The van der Waals surface area contributed by atoms with Crippen LogP contribution < -0.4 is 74.9 Å². The van der Waals surface area contributed by atoms with Gasteiger partial charge in [-0.25, -0.2) is 9.59 Å². The van der Waals surface area contributed by atoms with Crippen molar-refractivity contribution < 1.29 is 141 Å². The van der Waals surface area contributed by atoms with Crippen LogP contribution in [0.2, 0.25) is 0 Å². The largest absolute Gasteiger partial charge is 0.508 e. The number of rotatable bonds is 52. The summed E-state index contributed by atoms with van der Waals surface area (Å²) < 4.78 is 5.32. The highest BCUT2D eigenvalue weighted by molar-refractivity contribution is 6.01. The van der Waals surface area contributed by atoms with Crippen LogP contribution in [0, 0.1) is 11.8 Å². The fourth-order valence-corrected chi connectivity index (χ4v) is 12.7. The van der Waals surface area contributed by atoms with E-state index < -0.39 is 293 Å². The first-order valence-corrected chi connectivity index (χ1v) is 39.5. The number of aromatic hydroxyl groups is 1. The first-order chi connectivity index (χ1) is 57.6. The van der Waals surface area contributed by atoms with Crippen molar-refractivity contribution >= 4 is 125 Å². The third kappa shape index (κ3) is 37.7. The van der Waals surface area contributed by atoms with E-state index in [4.69, 9.17) is 10.5 Å². The minimum atomic E-state index is -2.08. The monoisotopic (exact) mass is 1720 g/mol. The molecule has 1 aliphatic carbocycles. The lowest BCUT2D eigenvalue weighted by Gasteiger charge is -2.33. The number of hydrogen-bond acceptors (Lipinski definition) is 23. The van der Waals surface area contributed by atoms with Crippen LogP contribution in [-0.2, 0) is 113 Å². The van der Waals surface area contributed by atoms with Gasteiger partial charge in [-0.3, -0.25) is 91.1 Å². The van der Waals surface area contributed by atoms with Gasteiger partial charge >= 0.3 is 41.9 Å². The Balaban J connectivity index is 1.55. The molecule has 1 unspecified atom stereocenters. The normalized spacial score (nSPS) is 16.5. The molecular formula is C78H109N15O29. The second kappa shape index (κ2) is 51.9. The van der Waals surface area contributed by atoms with Gasteiger partial charge in [0.1, 0.15) is 84.9 Å². The average Bonchev–Trinajstić information content (AvgIpc) is 1.51. The summed E-state index contributed by atoms with van der Waals surface area (Å²) in [6, 6.07) is -6.69. The van der Waals surface area contributed by atoms with Crippen molar-refractivity contribution in [2.24, 2.45) is 17.6 Å². The summed E-state index contributed by atoms with van der Waals surface area (Å²) in [5.74, 6) is -26.7. The summed E-state index contributed by atoms with van der Waals surface area (Å²) in [4.78, 5) is 280. The zero-order valence-electron chi connectivity index (χ0n) is 67.7. The molecule has 0 spiro atoms. The van der Waals surface area contributed by atoms with Gasteiger partial charge in [0.2, 0.25) is 82.7 Å². The molecule has 0 bridgehead atoms. The van der Waals surface area contributed by atoms with E-state index in [0.717, 1.165) is 30.6 Å². The fourth-order valence-electron chi connectivity index (χ4n) is 12.7. The van der Waals surface area contributed by atoms with Crippen molar-refractivity contribution in [3.8, 4) is 5.75 Å². The van der Waals surface area contributed by atoms with Gasteiger partial charge in [0.15, 0.2) is 0 Å². The Bertz CT molecular complexity index is 4090. The topological polar surface area (TPSA) is 695 Å². The van der Waals surface area contributed by atoms with Crippen LogP contribution in [0.3, 0.4) is 0 Å². The molecule has 2 aromatic rings. The minimum absolute atomic E-state index is 0.0471. The number of ether oxygens (including phenoxy) is 1. The molecule has 13 atom stereocenters. The molecule has 1 fully saturated rings. The number of nitrogens with one attached hydrogen (secondary N) is 13. The third-order valence-corrected chi connectivity index (χ3v) is 19.3. The first kappa shape index (κ1) is 101. The van der Waals surface area contributed by atoms with Crippen molar-refractivity contribution in [1.82, 2.24) is 74.0 Å². The van der Waals surface area contributed by atoms with E-state index in [1.54, 1.807) is 32.9 Å². The molecule has 670 valence electrons. The van der Waals surface area contributed by atoms with Crippen molar-refractivity contribution in [3.63, 3.8) is 0 Å². The van der Waals surface area contributed by atoms with E-state index in [2.05, 4.69) is 69.1 Å². The zero-order valence-corrected chi connectivity index (χ0v) is 67.7. The molecule has 0 radical (unpaired) electrons. The number of alkyl carbamates (subject to hydrolysis) is 1. The lowest BCUT2D eigenvalue weighted by Crippen LogP contribution is -2.61. The van der Waals surface area contributed by atoms with Gasteiger partial charge < -0.3 is 120 Å². The number of aliphatic carboxylic acids is 6. The number of nitrogens with two attached hydrogens (primary N) is 1. The Morgan fingerprint density at radius 3 is 1.37 bits per heavy atom. The van der Waals surface area contributed by atoms with Gasteiger partial charge in [0.25, 0.3) is 0 Å². The summed E-state index contributed by atoms with van der Waals surface area (Å²) >= 11 is 0. The van der Waals surface area contributed by atoms with Crippen LogP contribution in [0.25, 0.3) is 0 Å². The van der Waals surface area contributed by atoms with Crippen molar-refractivity contribution in [2.75, 3.05) is 26.2 Å². The van der Waals surface area contributed by atoms with Crippen LogP contribution >= 0.6 is 0 Å². The number of carbonyl (C=O) groups excluding carboxylic acids is 15. The average molecular weight is 1720 g/mol. The molecule has 22 N–H and O–H groups in total. The maximum absolute atomic E-state index is 14.9. The molecule has 4 rings (SSSR count). The molecule has 2 aromatic carbocycles. The van der Waals surface area contributed by atoms with Crippen molar-refractivity contribution in [1.29, 1.82) is 0 Å². The number of amides is 15. The fraction of sp³-hybridized carbons (Fsp3) is 0.551. The lowest BCUT2D eigenvalue weighted by atomic mass is 9.96. The highest BCUT2D eigenvalue weighted by Crippen LogP contribution is 2.24. The highest BCUT2D eigenvalue weighted by atomic mass is 16.6. The zero-order chi connectivity index (χ0) is 90.9. The summed E-state index contributed by atoms with van der Waals surface area (Å²) in [6.45, 7) is 3.77. The van der Waals surface area contributed by atoms with E-state index in [0.29, 0.717) is 17.5 Å². The molecule has 0 saturated carbocycles. The summed E-state index contributed by atoms with van der Waals surface area (Å²) in [6.07, 6.45) is -2.77. The lowest BCUT2D eigenvalue weighted by molar-refractivity contribution is -0.144. The Morgan fingerprint density at radius 1 is 0.451 bits per heavy atom. The Kier molecular flexibility index (Phi) is 42.9. The molecule has 44 heteroatoms.